The van der Waals surface area contributed by atoms with Crippen LogP contribution < -0.4 is 20.7 Å². The highest BCUT2D eigenvalue weighted by atomic mass is 16.5. The van der Waals surface area contributed by atoms with Crippen LogP contribution in [0.15, 0.2) is 78.9 Å². The number of ether oxygens (including phenoxy) is 1. The predicted octanol–water partition coefficient (Wildman–Crippen LogP) is 4.84. The van der Waals surface area contributed by atoms with E-state index in [2.05, 4.69) is 16.0 Å². The molecule has 3 aromatic rings. The van der Waals surface area contributed by atoms with Gasteiger partial charge >= 0.3 is 0 Å². The van der Waals surface area contributed by atoms with E-state index in [1.807, 2.05) is 75.4 Å². The van der Waals surface area contributed by atoms with Gasteiger partial charge in [0.25, 0.3) is 5.91 Å². The van der Waals surface area contributed by atoms with E-state index in [0.717, 1.165) is 17.0 Å². The van der Waals surface area contributed by atoms with Gasteiger partial charge in [0.2, 0.25) is 5.91 Å². The summed E-state index contributed by atoms with van der Waals surface area (Å²) in [5.74, 6) is 0.391. The van der Waals surface area contributed by atoms with E-state index in [4.69, 9.17) is 4.74 Å². The van der Waals surface area contributed by atoms with E-state index in [1.165, 1.54) is 0 Å². The monoisotopic (exact) mass is 431 g/mol. The number of carbonyl (C=O) groups excluding carboxylic acids is 2. The smallest absolute Gasteiger partial charge is 0.251 e. The fraction of sp³-hybridized carbons (Fsp3) is 0.231. The van der Waals surface area contributed by atoms with Crippen LogP contribution in [0.25, 0.3) is 0 Å². The Morgan fingerprint density at radius 2 is 1.56 bits per heavy atom. The zero-order valence-corrected chi connectivity index (χ0v) is 18.6. The third-order valence-corrected chi connectivity index (χ3v) is 4.45. The molecule has 0 saturated carbocycles. The van der Waals surface area contributed by atoms with Crippen molar-refractivity contribution < 1.29 is 14.3 Å². The molecule has 3 rings (SSSR count). The highest BCUT2D eigenvalue weighted by Gasteiger charge is 2.15. The topological polar surface area (TPSA) is 79.5 Å². The molecule has 0 heterocycles. The van der Waals surface area contributed by atoms with Crippen molar-refractivity contribution in [1.82, 2.24) is 5.32 Å². The Kier molecular flexibility index (Phi) is 7.49. The van der Waals surface area contributed by atoms with Crippen molar-refractivity contribution in [1.29, 1.82) is 0 Å². The summed E-state index contributed by atoms with van der Waals surface area (Å²) in [6.45, 7) is 6.37. The number of hydrogen-bond acceptors (Lipinski definition) is 4. The van der Waals surface area contributed by atoms with Crippen molar-refractivity contribution in [2.45, 2.75) is 32.9 Å². The zero-order valence-electron chi connectivity index (χ0n) is 18.6. The molecule has 0 saturated heterocycles. The van der Waals surface area contributed by atoms with Gasteiger partial charge < -0.3 is 20.7 Å². The Balaban J connectivity index is 1.48. The van der Waals surface area contributed by atoms with E-state index < -0.39 is 0 Å². The SMILES string of the molecule is CC(C)(C)NC(=O)c1ccc(NC(=O)CNc2cccc(OCc3ccccc3)c2)cc1. The lowest BCUT2D eigenvalue weighted by Gasteiger charge is -2.20. The second kappa shape index (κ2) is 10.5. The van der Waals surface area contributed by atoms with Gasteiger partial charge in [0.15, 0.2) is 0 Å². The first kappa shape index (κ1) is 22.9. The summed E-state index contributed by atoms with van der Waals surface area (Å²) in [6, 6.07) is 24.3. The number of rotatable bonds is 8. The van der Waals surface area contributed by atoms with Gasteiger partial charge in [-0.2, -0.15) is 0 Å². The van der Waals surface area contributed by atoms with E-state index in [-0.39, 0.29) is 23.9 Å². The van der Waals surface area contributed by atoms with Crippen LogP contribution in [-0.4, -0.2) is 23.9 Å². The van der Waals surface area contributed by atoms with Crippen LogP contribution >= 0.6 is 0 Å². The van der Waals surface area contributed by atoms with Crippen molar-refractivity contribution >= 4 is 23.2 Å². The number of anilines is 2. The third-order valence-electron chi connectivity index (χ3n) is 4.45. The molecular formula is C26H29N3O3. The lowest BCUT2D eigenvalue weighted by molar-refractivity contribution is -0.114. The maximum atomic E-state index is 12.3. The minimum atomic E-state index is -0.306. The van der Waals surface area contributed by atoms with Crippen LogP contribution in [0.2, 0.25) is 0 Å². The van der Waals surface area contributed by atoms with Crippen LogP contribution in [0.1, 0.15) is 36.7 Å². The summed E-state index contributed by atoms with van der Waals surface area (Å²) in [7, 11) is 0. The average molecular weight is 432 g/mol. The highest BCUT2D eigenvalue weighted by molar-refractivity contribution is 5.97. The maximum absolute atomic E-state index is 12.3. The normalized spacial score (nSPS) is 10.8. The molecule has 32 heavy (non-hydrogen) atoms. The second-order valence-corrected chi connectivity index (χ2v) is 8.49. The Hall–Kier alpha value is -3.80. The molecule has 0 aromatic heterocycles. The fourth-order valence-corrected chi connectivity index (χ4v) is 2.94. The van der Waals surface area contributed by atoms with Crippen LogP contribution in [0.4, 0.5) is 11.4 Å². The first-order valence-corrected chi connectivity index (χ1v) is 10.5. The lowest BCUT2D eigenvalue weighted by Crippen LogP contribution is -2.40. The van der Waals surface area contributed by atoms with Gasteiger partial charge in [-0.25, -0.2) is 0 Å². The van der Waals surface area contributed by atoms with Crippen molar-refractivity contribution in [3.05, 3.63) is 90.0 Å². The summed E-state index contributed by atoms with van der Waals surface area (Å²) in [5, 5.41) is 8.84. The Morgan fingerprint density at radius 3 is 2.25 bits per heavy atom. The Labute approximate surface area is 189 Å². The van der Waals surface area contributed by atoms with Crippen molar-refractivity contribution in [2.24, 2.45) is 0 Å². The highest BCUT2D eigenvalue weighted by Crippen LogP contribution is 2.19. The quantitative estimate of drug-likeness (QED) is 0.477. The van der Waals surface area contributed by atoms with Gasteiger partial charge in [0.1, 0.15) is 12.4 Å². The molecule has 2 amide bonds. The molecule has 6 heteroatoms. The number of nitrogens with one attached hydrogen (secondary N) is 3. The zero-order chi connectivity index (χ0) is 23.0. The summed E-state index contributed by atoms with van der Waals surface area (Å²) < 4.78 is 5.82. The number of carbonyl (C=O) groups is 2. The van der Waals surface area contributed by atoms with Gasteiger partial charge in [-0.05, 0) is 62.7 Å². The standard InChI is InChI=1S/C26H29N3O3/c1-26(2,3)29-25(31)20-12-14-21(15-13-20)28-24(30)17-27-22-10-7-11-23(16-22)32-18-19-8-5-4-6-9-19/h4-16,27H,17-18H2,1-3H3,(H,28,30)(H,29,31). The van der Waals surface area contributed by atoms with Crippen LogP contribution in [0, 0.1) is 0 Å². The summed E-state index contributed by atoms with van der Waals surface area (Å²) in [6.07, 6.45) is 0. The maximum Gasteiger partial charge on any atom is 0.251 e. The molecule has 0 aliphatic heterocycles. The van der Waals surface area contributed by atoms with E-state index in [9.17, 15) is 9.59 Å². The largest absolute Gasteiger partial charge is 0.489 e. The molecule has 3 aromatic carbocycles. The number of hydrogen-bond donors (Lipinski definition) is 3. The average Bonchev–Trinajstić information content (AvgIpc) is 2.77. The summed E-state index contributed by atoms with van der Waals surface area (Å²) >= 11 is 0. The minimum Gasteiger partial charge on any atom is -0.489 e. The van der Waals surface area contributed by atoms with Gasteiger partial charge in [-0.15, -0.1) is 0 Å². The first-order chi connectivity index (χ1) is 15.3. The molecule has 0 atom stereocenters. The van der Waals surface area contributed by atoms with Crippen LogP contribution in [0.3, 0.4) is 0 Å². The summed E-state index contributed by atoms with van der Waals surface area (Å²) in [4.78, 5) is 24.5. The molecule has 3 N–H and O–H groups in total. The van der Waals surface area contributed by atoms with Gasteiger partial charge in [-0.3, -0.25) is 9.59 Å². The van der Waals surface area contributed by atoms with Crippen molar-refractivity contribution in [3.63, 3.8) is 0 Å². The molecule has 6 nitrogen and oxygen atoms in total. The van der Waals surface area contributed by atoms with Gasteiger partial charge in [0.05, 0.1) is 6.54 Å². The molecule has 0 fully saturated rings. The first-order valence-electron chi connectivity index (χ1n) is 10.5. The summed E-state index contributed by atoms with van der Waals surface area (Å²) in [5.41, 5.74) is 2.75. The molecule has 166 valence electrons. The number of amides is 2. The molecule has 0 bridgehead atoms. The second-order valence-electron chi connectivity index (χ2n) is 8.49. The lowest BCUT2D eigenvalue weighted by atomic mass is 10.1. The number of benzene rings is 3. The predicted molar refractivity (Wildman–Crippen MR) is 128 cm³/mol. The molecule has 0 unspecified atom stereocenters. The van der Waals surface area contributed by atoms with Crippen molar-refractivity contribution in [3.8, 4) is 5.75 Å². The van der Waals surface area contributed by atoms with Crippen molar-refractivity contribution in [2.75, 3.05) is 17.2 Å². The van der Waals surface area contributed by atoms with E-state index >= 15 is 0 Å². The molecule has 0 spiro atoms. The third kappa shape index (κ3) is 7.47. The fourth-order valence-electron chi connectivity index (χ4n) is 2.94. The Morgan fingerprint density at radius 1 is 0.844 bits per heavy atom. The van der Waals surface area contributed by atoms with E-state index in [0.29, 0.717) is 17.9 Å². The molecule has 0 aliphatic carbocycles. The van der Waals surface area contributed by atoms with Crippen LogP contribution in [0.5, 0.6) is 5.75 Å². The van der Waals surface area contributed by atoms with Gasteiger partial charge in [0, 0.05) is 28.5 Å². The molecular weight excluding hydrogens is 402 g/mol. The molecule has 0 aliphatic rings. The minimum absolute atomic E-state index is 0.106. The van der Waals surface area contributed by atoms with E-state index in [1.54, 1.807) is 24.3 Å². The Bertz CT molecular complexity index is 1040. The van der Waals surface area contributed by atoms with Gasteiger partial charge in [-0.1, -0.05) is 36.4 Å². The van der Waals surface area contributed by atoms with Crippen LogP contribution in [-0.2, 0) is 11.4 Å². The molecule has 0 radical (unpaired) electrons.